The monoisotopic (exact) mass is 472 g/mol. The van der Waals surface area contributed by atoms with Crippen LogP contribution in [0.1, 0.15) is 21.5 Å². The van der Waals surface area contributed by atoms with E-state index in [1.165, 1.54) is 6.07 Å². The Morgan fingerprint density at radius 1 is 0.882 bits per heavy atom. The van der Waals surface area contributed by atoms with Crippen LogP contribution in [0, 0.1) is 6.92 Å². The molecule has 34 heavy (non-hydrogen) atoms. The Bertz CT molecular complexity index is 1450. The van der Waals surface area contributed by atoms with Crippen molar-refractivity contribution in [2.24, 2.45) is 0 Å². The fourth-order valence-electron chi connectivity index (χ4n) is 3.66. The smallest absolute Gasteiger partial charge is 0.261 e. The first kappa shape index (κ1) is 23.2. The second-order valence-corrected chi connectivity index (χ2v) is 9.73. The number of aryl methyl sites for hydroxylation is 1. The van der Waals surface area contributed by atoms with Crippen LogP contribution < -0.4 is 10.0 Å². The Kier molecular flexibility index (Phi) is 6.75. The molecule has 1 atom stereocenters. The number of nitrogens with one attached hydrogen (secondary N) is 2. The molecule has 0 aliphatic rings. The standard InChI is InChI=1S/C27H24N2O4S/c1-19-11-12-23(27(31)28-24(18-30)15-20-7-3-2-4-8-20)17-26(19)29-34(32,33)25-14-13-21-9-5-6-10-22(21)16-25/h2-14,16-18,24,29H,15H2,1H3,(H,28,31). The predicted molar refractivity (Wildman–Crippen MR) is 133 cm³/mol. The van der Waals surface area contributed by atoms with Crippen LogP contribution in [-0.4, -0.2) is 26.7 Å². The SMILES string of the molecule is Cc1ccc(C(=O)NC(C=O)Cc2ccccc2)cc1NS(=O)(=O)c1ccc2ccccc2c1. The molecule has 0 radical (unpaired) electrons. The van der Waals surface area contributed by atoms with Gasteiger partial charge in [0.15, 0.2) is 0 Å². The van der Waals surface area contributed by atoms with Gasteiger partial charge in [-0.2, -0.15) is 0 Å². The third-order valence-corrected chi connectivity index (χ3v) is 6.92. The van der Waals surface area contributed by atoms with Crippen LogP contribution in [0.15, 0.2) is 95.9 Å². The summed E-state index contributed by atoms with van der Waals surface area (Å²) in [5.74, 6) is -0.459. The lowest BCUT2D eigenvalue weighted by atomic mass is 10.1. The summed E-state index contributed by atoms with van der Waals surface area (Å²) in [6.45, 7) is 1.75. The number of fused-ring (bicyclic) bond motifs is 1. The van der Waals surface area contributed by atoms with Gasteiger partial charge in [-0.15, -0.1) is 0 Å². The van der Waals surface area contributed by atoms with Gasteiger partial charge in [0.05, 0.1) is 16.6 Å². The average molecular weight is 473 g/mol. The summed E-state index contributed by atoms with van der Waals surface area (Å²) in [6.07, 6.45) is 1.06. The second-order valence-electron chi connectivity index (χ2n) is 8.05. The van der Waals surface area contributed by atoms with Gasteiger partial charge in [-0.1, -0.05) is 66.7 Å². The van der Waals surface area contributed by atoms with Gasteiger partial charge in [0.25, 0.3) is 15.9 Å². The van der Waals surface area contributed by atoms with Gasteiger partial charge >= 0.3 is 0 Å². The molecule has 0 saturated carbocycles. The van der Waals surface area contributed by atoms with Crippen molar-refractivity contribution in [1.82, 2.24) is 5.32 Å². The van der Waals surface area contributed by atoms with Crippen LogP contribution >= 0.6 is 0 Å². The first-order chi connectivity index (χ1) is 16.4. The molecule has 0 heterocycles. The topological polar surface area (TPSA) is 92.3 Å². The fourth-order valence-corrected chi connectivity index (χ4v) is 4.82. The van der Waals surface area contributed by atoms with Crippen molar-refractivity contribution in [2.45, 2.75) is 24.3 Å². The Labute approximate surface area is 198 Å². The Hall–Kier alpha value is -3.97. The zero-order chi connectivity index (χ0) is 24.1. The maximum Gasteiger partial charge on any atom is 0.261 e. The number of carbonyl (C=O) groups excluding carboxylic acids is 2. The molecule has 0 aliphatic heterocycles. The lowest BCUT2D eigenvalue weighted by Gasteiger charge is -2.15. The molecule has 2 N–H and O–H groups in total. The van der Waals surface area contributed by atoms with Crippen molar-refractivity contribution in [1.29, 1.82) is 0 Å². The van der Waals surface area contributed by atoms with Crippen molar-refractivity contribution in [3.05, 3.63) is 108 Å². The molecule has 0 saturated heterocycles. The summed E-state index contributed by atoms with van der Waals surface area (Å²) in [5.41, 5.74) is 2.14. The maximum absolute atomic E-state index is 13.0. The molecular weight excluding hydrogens is 448 g/mol. The molecule has 4 rings (SSSR count). The van der Waals surface area contributed by atoms with Gasteiger partial charge < -0.3 is 10.1 Å². The molecule has 4 aromatic carbocycles. The first-order valence-corrected chi connectivity index (χ1v) is 12.3. The molecule has 0 aliphatic carbocycles. The van der Waals surface area contributed by atoms with Gasteiger partial charge in [0.2, 0.25) is 0 Å². The van der Waals surface area contributed by atoms with Crippen molar-refractivity contribution < 1.29 is 18.0 Å². The van der Waals surface area contributed by atoms with E-state index in [0.29, 0.717) is 24.0 Å². The summed E-state index contributed by atoms with van der Waals surface area (Å²) in [7, 11) is -3.88. The lowest BCUT2D eigenvalue weighted by molar-refractivity contribution is -0.109. The van der Waals surface area contributed by atoms with E-state index in [1.807, 2.05) is 54.6 Å². The van der Waals surface area contributed by atoms with Gasteiger partial charge in [0, 0.05) is 5.56 Å². The highest BCUT2D eigenvalue weighted by Gasteiger charge is 2.19. The predicted octanol–water partition coefficient (Wildman–Crippen LogP) is 4.49. The summed E-state index contributed by atoms with van der Waals surface area (Å²) >= 11 is 0. The van der Waals surface area contributed by atoms with Crippen molar-refractivity contribution in [2.75, 3.05) is 4.72 Å². The van der Waals surface area contributed by atoms with Crippen molar-refractivity contribution in [3.63, 3.8) is 0 Å². The molecular formula is C27H24N2O4S. The lowest BCUT2D eigenvalue weighted by Crippen LogP contribution is -2.37. The molecule has 7 heteroatoms. The minimum absolute atomic E-state index is 0.129. The number of rotatable bonds is 8. The van der Waals surface area contributed by atoms with E-state index in [0.717, 1.165) is 16.3 Å². The summed E-state index contributed by atoms with van der Waals surface area (Å²) in [4.78, 5) is 24.5. The highest BCUT2D eigenvalue weighted by molar-refractivity contribution is 7.92. The summed E-state index contributed by atoms with van der Waals surface area (Å²) < 4.78 is 28.7. The van der Waals surface area contributed by atoms with E-state index in [1.54, 1.807) is 37.3 Å². The molecule has 1 unspecified atom stereocenters. The van der Waals surface area contributed by atoms with E-state index < -0.39 is 22.0 Å². The third kappa shape index (κ3) is 5.32. The van der Waals surface area contributed by atoms with Crippen LogP contribution in [0.4, 0.5) is 5.69 Å². The van der Waals surface area contributed by atoms with E-state index >= 15 is 0 Å². The maximum atomic E-state index is 13.0. The molecule has 0 spiro atoms. The van der Waals surface area contributed by atoms with Crippen LogP contribution in [0.3, 0.4) is 0 Å². The van der Waals surface area contributed by atoms with Crippen LogP contribution in [0.25, 0.3) is 10.8 Å². The molecule has 0 bridgehead atoms. The van der Waals surface area contributed by atoms with Crippen LogP contribution in [-0.2, 0) is 21.2 Å². The van der Waals surface area contributed by atoms with E-state index in [9.17, 15) is 18.0 Å². The number of benzene rings is 4. The average Bonchev–Trinajstić information content (AvgIpc) is 2.85. The Morgan fingerprint density at radius 2 is 1.59 bits per heavy atom. The second kappa shape index (κ2) is 9.89. The van der Waals surface area contributed by atoms with Gasteiger partial charge in [0.1, 0.15) is 6.29 Å². The molecule has 6 nitrogen and oxygen atoms in total. The van der Waals surface area contributed by atoms with E-state index in [4.69, 9.17) is 0 Å². The highest BCUT2D eigenvalue weighted by Crippen LogP contribution is 2.24. The zero-order valence-corrected chi connectivity index (χ0v) is 19.4. The summed E-state index contributed by atoms with van der Waals surface area (Å²) in [5, 5.41) is 4.46. The number of sulfonamides is 1. The highest BCUT2D eigenvalue weighted by atomic mass is 32.2. The Balaban J connectivity index is 1.53. The minimum atomic E-state index is -3.88. The van der Waals surface area contributed by atoms with Gasteiger partial charge in [-0.3, -0.25) is 9.52 Å². The fraction of sp³-hybridized carbons (Fsp3) is 0.111. The number of carbonyl (C=O) groups is 2. The number of amides is 1. The minimum Gasteiger partial charge on any atom is -0.342 e. The number of hydrogen-bond acceptors (Lipinski definition) is 4. The number of aldehydes is 1. The van der Waals surface area contributed by atoms with Gasteiger partial charge in [-0.25, -0.2) is 8.42 Å². The molecule has 172 valence electrons. The Morgan fingerprint density at radius 3 is 2.32 bits per heavy atom. The van der Waals surface area contributed by atoms with Gasteiger partial charge in [-0.05, 0) is 59.5 Å². The first-order valence-electron chi connectivity index (χ1n) is 10.8. The van der Waals surface area contributed by atoms with E-state index in [-0.39, 0.29) is 10.5 Å². The molecule has 4 aromatic rings. The van der Waals surface area contributed by atoms with Crippen LogP contribution in [0.2, 0.25) is 0 Å². The van der Waals surface area contributed by atoms with Crippen molar-refractivity contribution in [3.8, 4) is 0 Å². The molecule has 0 aromatic heterocycles. The van der Waals surface area contributed by atoms with E-state index in [2.05, 4.69) is 10.0 Å². The quantitative estimate of drug-likeness (QED) is 0.370. The number of anilines is 1. The van der Waals surface area contributed by atoms with Crippen LogP contribution in [0.5, 0.6) is 0 Å². The number of hydrogen-bond donors (Lipinski definition) is 2. The molecule has 0 fully saturated rings. The third-order valence-electron chi connectivity index (χ3n) is 5.55. The summed E-state index contributed by atoms with van der Waals surface area (Å²) in [6, 6.07) is 25.9. The molecule has 1 amide bonds. The normalized spacial score (nSPS) is 12.1. The van der Waals surface area contributed by atoms with Crippen molar-refractivity contribution >= 4 is 38.7 Å². The largest absolute Gasteiger partial charge is 0.342 e. The zero-order valence-electron chi connectivity index (χ0n) is 18.6.